The van der Waals surface area contributed by atoms with Gasteiger partial charge in [-0.3, -0.25) is 4.99 Å². The highest BCUT2D eigenvalue weighted by Crippen LogP contribution is 2.18. The van der Waals surface area contributed by atoms with Gasteiger partial charge in [-0.2, -0.15) is 0 Å². The third kappa shape index (κ3) is 11.0. The first kappa shape index (κ1) is 23.5. The first-order valence-electron chi connectivity index (χ1n) is 9.85. The highest BCUT2D eigenvalue weighted by atomic mass is 16.6. The molecule has 8 nitrogen and oxygen atoms in total. The van der Waals surface area contributed by atoms with E-state index in [0.29, 0.717) is 32.3 Å². The fourth-order valence-electron chi connectivity index (χ4n) is 2.81. The lowest BCUT2D eigenvalue weighted by molar-refractivity contribution is 0.0168. The molecule has 0 bridgehead atoms. The van der Waals surface area contributed by atoms with Crippen LogP contribution >= 0.6 is 0 Å². The summed E-state index contributed by atoms with van der Waals surface area (Å²) in [5, 5.41) is 6.64. The number of nitrogens with zero attached hydrogens (tertiary/aromatic N) is 2. The van der Waals surface area contributed by atoms with E-state index in [4.69, 9.17) is 14.2 Å². The molecule has 1 atom stereocenters. The number of amides is 1. The Hall–Kier alpha value is -1.54. The van der Waals surface area contributed by atoms with Crippen LogP contribution in [0.5, 0.6) is 0 Å². The summed E-state index contributed by atoms with van der Waals surface area (Å²) >= 11 is 0. The molecule has 158 valence electrons. The average molecular weight is 387 g/mol. The van der Waals surface area contributed by atoms with Gasteiger partial charge in [-0.1, -0.05) is 0 Å². The van der Waals surface area contributed by atoms with E-state index in [-0.39, 0.29) is 6.09 Å². The number of aliphatic imine (C=N–C) groups is 1. The summed E-state index contributed by atoms with van der Waals surface area (Å²) in [6, 6.07) is 0. The van der Waals surface area contributed by atoms with Crippen molar-refractivity contribution in [3.8, 4) is 0 Å². The maximum atomic E-state index is 12.2. The van der Waals surface area contributed by atoms with Crippen molar-refractivity contribution in [3.63, 3.8) is 0 Å². The summed E-state index contributed by atoms with van der Waals surface area (Å²) in [5.74, 6) is 1.17. The molecule has 1 amide bonds. The first-order valence-corrected chi connectivity index (χ1v) is 9.85. The summed E-state index contributed by atoms with van der Waals surface area (Å²) in [6.45, 7) is 10.7. The zero-order valence-electron chi connectivity index (χ0n) is 17.7. The molecule has 1 saturated heterocycles. The number of likely N-dealkylation sites (tertiary alicyclic amines) is 1. The van der Waals surface area contributed by atoms with Crippen LogP contribution in [-0.2, 0) is 14.2 Å². The van der Waals surface area contributed by atoms with Crippen LogP contribution in [0, 0.1) is 5.92 Å². The number of guanidine groups is 1. The quantitative estimate of drug-likeness (QED) is 0.357. The van der Waals surface area contributed by atoms with Crippen LogP contribution in [0.3, 0.4) is 0 Å². The standard InChI is InChI=1S/C19H38N4O4/c1-19(2,3)27-18(24)23-10-6-8-16(15-23)14-22-17(20-4)21-9-7-11-26-13-12-25-5/h16H,6-15H2,1-5H3,(H2,20,21,22). The number of carbonyl (C=O) groups is 1. The van der Waals surface area contributed by atoms with Gasteiger partial charge in [-0.25, -0.2) is 4.79 Å². The molecule has 1 aliphatic rings. The third-order valence-electron chi connectivity index (χ3n) is 4.14. The Morgan fingerprint density at radius 3 is 2.67 bits per heavy atom. The maximum Gasteiger partial charge on any atom is 0.410 e. The van der Waals surface area contributed by atoms with Gasteiger partial charge in [-0.15, -0.1) is 0 Å². The zero-order chi connectivity index (χ0) is 20.1. The average Bonchev–Trinajstić information content (AvgIpc) is 2.62. The Morgan fingerprint density at radius 1 is 1.22 bits per heavy atom. The van der Waals surface area contributed by atoms with E-state index in [0.717, 1.165) is 44.9 Å². The summed E-state index contributed by atoms with van der Waals surface area (Å²) in [5.41, 5.74) is -0.457. The van der Waals surface area contributed by atoms with Crippen molar-refractivity contribution in [2.45, 2.75) is 45.6 Å². The zero-order valence-corrected chi connectivity index (χ0v) is 17.7. The summed E-state index contributed by atoms with van der Waals surface area (Å²) < 4.78 is 15.9. The van der Waals surface area contributed by atoms with Gasteiger partial charge in [0.25, 0.3) is 0 Å². The van der Waals surface area contributed by atoms with Crippen LogP contribution < -0.4 is 10.6 Å². The summed E-state index contributed by atoms with van der Waals surface area (Å²) in [4.78, 5) is 18.3. The van der Waals surface area contributed by atoms with Crippen molar-refractivity contribution in [2.75, 3.05) is 60.2 Å². The minimum atomic E-state index is -0.457. The van der Waals surface area contributed by atoms with E-state index in [9.17, 15) is 4.79 Å². The SMILES string of the molecule is CN=C(NCCCOCCOC)NCC1CCCN(C(=O)OC(C)(C)C)C1. The molecule has 0 aliphatic carbocycles. The summed E-state index contributed by atoms with van der Waals surface area (Å²) in [6.07, 6.45) is 2.77. The van der Waals surface area contributed by atoms with Crippen molar-refractivity contribution in [3.05, 3.63) is 0 Å². The van der Waals surface area contributed by atoms with Crippen LogP contribution in [0.1, 0.15) is 40.0 Å². The molecular formula is C19H38N4O4. The van der Waals surface area contributed by atoms with Crippen molar-refractivity contribution >= 4 is 12.1 Å². The van der Waals surface area contributed by atoms with E-state index in [1.165, 1.54) is 0 Å². The van der Waals surface area contributed by atoms with Crippen molar-refractivity contribution in [1.29, 1.82) is 0 Å². The molecule has 8 heteroatoms. The second kappa shape index (κ2) is 12.8. The maximum absolute atomic E-state index is 12.2. The summed E-state index contributed by atoms with van der Waals surface area (Å²) in [7, 11) is 3.43. The Balaban J connectivity index is 2.25. The van der Waals surface area contributed by atoms with Gasteiger partial charge in [0, 0.05) is 46.9 Å². The topological polar surface area (TPSA) is 84.4 Å². The van der Waals surface area contributed by atoms with E-state index < -0.39 is 5.60 Å². The lowest BCUT2D eigenvalue weighted by Crippen LogP contribution is -2.47. The number of ether oxygens (including phenoxy) is 3. The van der Waals surface area contributed by atoms with Crippen molar-refractivity contribution in [2.24, 2.45) is 10.9 Å². The smallest absolute Gasteiger partial charge is 0.410 e. The normalized spacial score (nSPS) is 18.3. The fraction of sp³-hybridized carbons (Fsp3) is 0.895. The predicted octanol–water partition coefficient (Wildman–Crippen LogP) is 1.85. The molecule has 0 spiro atoms. The molecule has 0 radical (unpaired) electrons. The molecule has 1 heterocycles. The van der Waals surface area contributed by atoms with Gasteiger partial charge < -0.3 is 29.7 Å². The number of hydrogen-bond acceptors (Lipinski definition) is 5. The van der Waals surface area contributed by atoms with Gasteiger partial charge in [-0.05, 0) is 46.0 Å². The van der Waals surface area contributed by atoms with Gasteiger partial charge in [0.15, 0.2) is 5.96 Å². The second-order valence-corrected chi connectivity index (χ2v) is 7.77. The number of nitrogens with one attached hydrogen (secondary N) is 2. The van der Waals surface area contributed by atoms with Crippen molar-refractivity contribution in [1.82, 2.24) is 15.5 Å². The molecule has 0 aromatic carbocycles. The molecule has 0 aromatic rings. The molecular weight excluding hydrogens is 348 g/mol. The van der Waals surface area contributed by atoms with E-state index >= 15 is 0 Å². The van der Waals surface area contributed by atoms with Crippen LogP contribution in [0.25, 0.3) is 0 Å². The van der Waals surface area contributed by atoms with Gasteiger partial charge in [0.1, 0.15) is 5.60 Å². The van der Waals surface area contributed by atoms with Crippen LogP contribution in [0.2, 0.25) is 0 Å². The Kier molecular flexibility index (Phi) is 11.1. The number of piperidine rings is 1. The van der Waals surface area contributed by atoms with Crippen LogP contribution in [0.4, 0.5) is 4.79 Å². The van der Waals surface area contributed by atoms with Gasteiger partial charge >= 0.3 is 6.09 Å². The minimum absolute atomic E-state index is 0.219. The molecule has 2 N–H and O–H groups in total. The predicted molar refractivity (Wildman–Crippen MR) is 107 cm³/mol. The number of methoxy groups -OCH3 is 1. The molecule has 1 aliphatic heterocycles. The highest BCUT2D eigenvalue weighted by Gasteiger charge is 2.27. The molecule has 0 saturated carbocycles. The molecule has 1 rings (SSSR count). The largest absolute Gasteiger partial charge is 0.444 e. The number of carbonyl (C=O) groups excluding carboxylic acids is 1. The molecule has 1 unspecified atom stereocenters. The van der Waals surface area contributed by atoms with E-state index in [1.54, 1.807) is 14.2 Å². The van der Waals surface area contributed by atoms with Crippen LogP contribution in [0.15, 0.2) is 4.99 Å². The molecule has 27 heavy (non-hydrogen) atoms. The van der Waals surface area contributed by atoms with Gasteiger partial charge in [0.05, 0.1) is 13.2 Å². The number of hydrogen-bond donors (Lipinski definition) is 2. The Bertz CT molecular complexity index is 451. The van der Waals surface area contributed by atoms with Crippen LogP contribution in [-0.4, -0.2) is 82.7 Å². The molecule has 1 fully saturated rings. The Morgan fingerprint density at radius 2 is 2.00 bits per heavy atom. The lowest BCUT2D eigenvalue weighted by atomic mass is 9.98. The first-order chi connectivity index (χ1) is 12.9. The highest BCUT2D eigenvalue weighted by molar-refractivity contribution is 5.79. The second-order valence-electron chi connectivity index (χ2n) is 7.77. The van der Waals surface area contributed by atoms with E-state index in [1.807, 2.05) is 25.7 Å². The van der Waals surface area contributed by atoms with Crippen molar-refractivity contribution < 1.29 is 19.0 Å². The fourth-order valence-corrected chi connectivity index (χ4v) is 2.81. The molecule has 0 aromatic heterocycles. The Labute approximate surface area is 164 Å². The minimum Gasteiger partial charge on any atom is -0.444 e. The third-order valence-corrected chi connectivity index (χ3v) is 4.14. The van der Waals surface area contributed by atoms with Gasteiger partial charge in [0.2, 0.25) is 0 Å². The lowest BCUT2D eigenvalue weighted by Gasteiger charge is -2.34. The monoisotopic (exact) mass is 386 g/mol. The number of rotatable bonds is 9. The van der Waals surface area contributed by atoms with E-state index in [2.05, 4.69) is 15.6 Å².